The molecule has 0 aliphatic rings. The van der Waals surface area contributed by atoms with Crippen molar-refractivity contribution in [2.45, 2.75) is 13.8 Å². The SMILES string of the molecule is CC(=O)n1c(O)c(C(=Nc2ccnc(C)c2)c2ccccc2)c2ccc([N+](=O)[O-])cc21. The number of nitro groups is 1. The van der Waals surface area contributed by atoms with Crippen LogP contribution in [-0.4, -0.2) is 31.2 Å². The van der Waals surface area contributed by atoms with Gasteiger partial charge in [0.15, 0.2) is 0 Å². The molecule has 1 N–H and O–H groups in total. The Morgan fingerprint density at radius 3 is 2.52 bits per heavy atom. The maximum Gasteiger partial charge on any atom is 0.271 e. The minimum Gasteiger partial charge on any atom is -0.494 e. The van der Waals surface area contributed by atoms with Crippen molar-refractivity contribution in [2.24, 2.45) is 4.99 Å². The Morgan fingerprint density at radius 2 is 1.87 bits per heavy atom. The van der Waals surface area contributed by atoms with Crippen molar-refractivity contribution in [3.05, 3.63) is 93.8 Å². The van der Waals surface area contributed by atoms with Gasteiger partial charge in [-0.2, -0.15) is 0 Å². The van der Waals surface area contributed by atoms with Gasteiger partial charge in [-0.3, -0.25) is 19.9 Å². The minimum atomic E-state index is -0.542. The number of nitro benzene ring substituents is 1. The van der Waals surface area contributed by atoms with E-state index in [9.17, 15) is 20.0 Å². The molecule has 8 heteroatoms. The molecule has 0 aliphatic heterocycles. The molecule has 0 aliphatic carbocycles. The molecule has 0 atom stereocenters. The van der Waals surface area contributed by atoms with E-state index in [1.54, 1.807) is 18.3 Å². The number of non-ortho nitro benzene ring substituents is 1. The lowest BCUT2D eigenvalue weighted by molar-refractivity contribution is -0.384. The van der Waals surface area contributed by atoms with E-state index in [0.29, 0.717) is 27.9 Å². The van der Waals surface area contributed by atoms with Crippen molar-refractivity contribution in [3.8, 4) is 5.88 Å². The van der Waals surface area contributed by atoms with Crippen LogP contribution < -0.4 is 0 Å². The maximum atomic E-state index is 12.3. The Kier molecular flexibility index (Phi) is 5.04. The third kappa shape index (κ3) is 3.66. The molecule has 2 heterocycles. The topological polar surface area (TPSA) is 111 Å². The largest absolute Gasteiger partial charge is 0.494 e. The predicted octanol–water partition coefficient (Wildman–Crippen LogP) is 4.79. The van der Waals surface area contributed by atoms with Crippen LogP contribution >= 0.6 is 0 Å². The number of benzene rings is 2. The summed E-state index contributed by atoms with van der Waals surface area (Å²) in [6, 6.07) is 16.9. The fraction of sp³-hybridized carbons (Fsp3) is 0.0870. The van der Waals surface area contributed by atoms with E-state index in [1.807, 2.05) is 37.3 Å². The molecule has 0 unspecified atom stereocenters. The highest BCUT2D eigenvalue weighted by Gasteiger charge is 2.25. The minimum absolute atomic E-state index is 0.179. The highest BCUT2D eigenvalue weighted by molar-refractivity contribution is 6.23. The molecule has 0 amide bonds. The zero-order chi connectivity index (χ0) is 22.1. The first-order valence-electron chi connectivity index (χ1n) is 9.46. The summed E-state index contributed by atoms with van der Waals surface area (Å²) < 4.78 is 1.06. The van der Waals surface area contributed by atoms with E-state index in [2.05, 4.69) is 4.98 Å². The van der Waals surface area contributed by atoms with Crippen molar-refractivity contribution in [1.82, 2.24) is 9.55 Å². The first kappa shape index (κ1) is 20.0. The molecule has 2 aromatic carbocycles. The number of nitrogens with zero attached hydrogens (tertiary/aromatic N) is 4. The molecule has 2 aromatic heterocycles. The zero-order valence-electron chi connectivity index (χ0n) is 16.8. The second kappa shape index (κ2) is 7.83. The number of hydrogen-bond acceptors (Lipinski definition) is 6. The van der Waals surface area contributed by atoms with Crippen LogP contribution in [0.5, 0.6) is 5.88 Å². The van der Waals surface area contributed by atoms with Crippen molar-refractivity contribution >= 4 is 33.9 Å². The smallest absolute Gasteiger partial charge is 0.271 e. The number of aryl methyl sites for hydroxylation is 1. The number of hydrogen-bond donors (Lipinski definition) is 1. The lowest BCUT2D eigenvalue weighted by atomic mass is 10.0. The van der Waals surface area contributed by atoms with Gasteiger partial charge in [-0.25, -0.2) is 9.56 Å². The van der Waals surface area contributed by atoms with Gasteiger partial charge in [-0.15, -0.1) is 0 Å². The number of carbonyl (C=O) groups is 1. The Hall–Kier alpha value is -4.33. The molecule has 0 fully saturated rings. The summed E-state index contributed by atoms with van der Waals surface area (Å²) in [6.45, 7) is 3.13. The van der Waals surface area contributed by atoms with Gasteiger partial charge >= 0.3 is 0 Å². The highest BCUT2D eigenvalue weighted by atomic mass is 16.6. The fourth-order valence-electron chi connectivity index (χ4n) is 3.52. The normalized spacial score (nSPS) is 11.6. The summed E-state index contributed by atoms with van der Waals surface area (Å²) in [5.41, 5.74) is 2.93. The summed E-state index contributed by atoms with van der Waals surface area (Å²) in [7, 11) is 0. The third-order valence-corrected chi connectivity index (χ3v) is 4.86. The summed E-state index contributed by atoms with van der Waals surface area (Å²) in [4.78, 5) is 32.0. The molecule has 154 valence electrons. The Balaban J connectivity index is 2.08. The van der Waals surface area contributed by atoms with Crippen LogP contribution in [0.25, 0.3) is 10.9 Å². The van der Waals surface area contributed by atoms with Crippen molar-refractivity contribution in [3.63, 3.8) is 0 Å². The molecule has 0 bridgehead atoms. The van der Waals surface area contributed by atoms with Crippen LogP contribution in [0.3, 0.4) is 0 Å². The Labute approximate surface area is 177 Å². The van der Waals surface area contributed by atoms with Gasteiger partial charge in [-0.1, -0.05) is 30.3 Å². The first-order valence-corrected chi connectivity index (χ1v) is 9.46. The van der Waals surface area contributed by atoms with E-state index < -0.39 is 10.8 Å². The van der Waals surface area contributed by atoms with E-state index in [4.69, 9.17) is 4.99 Å². The molecule has 8 nitrogen and oxygen atoms in total. The summed E-state index contributed by atoms with van der Waals surface area (Å²) in [5.74, 6) is -0.794. The van der Waals surface area contributed by atoms with Crippen LogP contribution in [0.1, 0.15) is 28.5 Å². The second-order valence-corrected chi connectivity index (χ2v) is 6.99. The molecular weight excluding hydrogens is 396 g/mol. The number of aromatic hydroxyl groups is 1. The van der Waals surface area contributed by atoms with Gasteiger partial charge in [0.05, 0.1) is 27.4 Å². The molecule has 0 saturated heterocycles. The van der Waals surface area contributed by atoms with Gasteiger partial charge < -0.3 is 5.11 Å². The van der Waals surface area contributed by atoms with Crippen LogP contribution in [0.2, 0.25) is 0 Å². The second-order valence-electron chi connectivity index (χ2n) is 6.99. The monoisotopic (exact) mass is 414 g/mol. The van der Waals surface area contributed by atoms with Gasteiger partial charge in [-0.05, 0) is 25.1 Å². The Morgan fingerprint density at radius 1 is 1.13 bits per heavy atom. The summed E-state index contributed by atoms with van der Waals surface area (Å²) in [6.07, 6.45) is 1.64. The van der Waals surface area contributed by atoms with Crippen LogP contribution in [-0.2, 0) is 0 Å². The number of rotatable bonds is 4. The van der Waals surface area contributed by atoms with Gasteiger partial charge in [0.2, 0.25) is 11.8 Å². The number of pyridine rings is 1. The molecule has 4 aromatic rings. The van der Waals surface area contributed by atoms with Gasteiger partial charge in [0.1, 0.15) is 0 Å². The first-order chi connectivity index (χ1) is 14.9. The number of aromatic nitrogens is 2. The van der Waals surface area contributed by atoms with E-state index in [0.717, 1.165) is 10.3 Å². The lowest BCUT2D eigenvalue weighted by Gasteiger charge is -2.08. The van der Waals surface area contributed by atoms with Crippen LogP contribution in [0, 0.1) is 17.0 Å². The number of carbonyl (C=O) groups excluding carboxylic acids is 1. The Bertz CT molecular complexity index is 1360. The average molecular weight is 414 g/mol. The molecule has 31 heavy (non-hydrogen) atoms. The van der Waals surface area contributed by atoms with Crippen molar-refractivity contribution < 1.29 is 14.8 Å². The van der Waals surface area contributed by atoms with Crippen LogP contribution in [0.15, 0.2) is 71.9 Å². The molecular formula is C23H18N4O4. The van der Waals surface area contributed by atoms with Gasteiger partial charge in [0, 0.05) is 41.9 Å². The van der Waals surface area contributed by atoms with E-state index in [1.165, 1.54) is 25.1 Å². The lowest BCUT2D eigenvalue weighted by Crippen LogP contribution is -2.06. The highest BCUT2D eigenvalue weighted by Crippen LogP contribution is 2.36. The standard InChI is InChI=1S/C23H18N4O4/c1-14-12-17(10-11-24-14)25-22(16-6-4-3-5-7-16)21-19-9-8-18(27(30)31)13-20(19)26(15(2)28)23(21)29/h3-13,29H,1-2H3. The maximum absolute atomic E-state index is 12.3. The molecule has 0 saturated carbocycles. The van der Waals surface area contributed by atoms with E-state index in [-0.39, 0.29) is 17.1 Å². The number of fused-ring (bicyclic) bond motifs is 1. The molecule has 0 radical (unpaired) electrons. The average Bonchev–Trinajstić information content (AvgIpc) is 3.03. The van der Waals surface area contributed by atoms with Crippen molar-refractivity contribution in [2.75, 3.05) is 0 Å². The van der Waals surface area contributed by atoms with Crippen LogP contribution in [0.4, 0.5) is 11.4 Å². The summed E-state index contributed by atoms with van der Waals surface area (Å²) in [5, 5.41) is 22.8. The fourth-order valence-corrected chi connectivity index (χ4v) is 3.52. The quantitative estimate of drug-likeness (QED) is 0.293. The zero-order valence-corrected chi connectivity index (χ0v) is 16.8. The van der Waals surface area contributed by atoms with E-state index >= 15 is 0 Å². The third-order valence-electron chi connectivity index (χ3n) is 4.86. The number of aliphatic imine (C=N–C) groups is 1. The molecule has 0 spiro atoms. The van der Waals surface area contributed by atoms with Gasteiger partial charge in [0.25, 0.3) is 5.69 Å². The molecule has 4 rings (SSSR count). The van der Waals surface area contributed by atoms with Crippen molar-refractivity contribution in [1.29, 1.82) is 0 Å². The summed E-state index contributed by atoms with van der Waals surface area (Å²) >= 11 is 0. The predicted molar refractivity (Wildman–Crippen MR) is 117 cm³/mol.